The number of nitrogens with zero attached hydrogens (tertiary/aromatic N) is 2. The van der Waals surface area contributed by atoms with E-state index in [1.54, 1.807) is 23.1 Å². The highest BCUT2D eigenvalue weighted by atomic mass is 19.1. The molecule has 7 heteroatoms. The first-order chi connectivity index (χ1) is 12.8. The Kier molecular flexibility index (Phi) is 7.59. The molecule has 1 aromatic carbocycles. The monoisotopic (exact) mass is 379 g/mol. The lowest BCUT2D eigenvalue weighted by Gasteiger charge is -2.43. The summed E-state index contributed by atoms with van der Waals surface area (Å²) in [5, 5.41) is 12.0. The predicted octanol–water partition coefficient (Wildman–Crippen LogP) is 2.93. The van der Waals surface area contributed by atoms with Crippen molar-refractivity contribution in [1.29, 1.82) is 0 Å². The molecule has 0 spiro atoms. The molecule has 27 heavy (non-hydrogen) atoms. The maximum atomic E-state index is 14.0. The maximum absolute atomic E-state index is 14.0. The van der Waals surface area contributed by atoms with Gasteiger partial charge in [-0.3, -0.25) is 9.69 Å². The van der Waals surface area contributed by atoms with E-state index in [2.05, 4.69) is 5.32 Å². The zero-order valence-corrected chi connectivity index (χ0v) is 16.3. The number of rotatable bonds is 9. The van der Waals surface area contributed by atoms with Gasteiger partial charge in [-0.2, -0.15) is 0 Å². The standard InChI is InChI=1S/C20H30FN3O3/c1-4-23(13-19(25)26)17-9-16(10-17)22-20(27)24(11-14(2)3)12-15-7-5-6-8-18(15)21/h5-8,14,16-17H,4,9-13H2,1-3H3,(H,22,27)(H,25,26). The van der Waals surface area contributed by atoms with Crippen molar-refractivity contribution in [3.8, 4) is 0 Å². The first-order valence-electron chi connectivity index (χ1n) is 9.54. The Morgan fingerprint density at radius 1 is 1.30 bits per heavy atom. The third-order valence-corrected chi connectivity index (χ3v) is 4.89. The molecule has 0 unspecified atom stereocenters. The van der Waals surface area contributed by atoms with E-state index in [1.807, 2.05) is 25.7 Å². The number of urea groups is 1. The molecule has 1 saturated carbocycles. The number of carbonyl (C=O) groups excluding carboxylic acids is 1. The van der Waals surface area contributed by atoms with Crippen molar-refractivity contribution in [3.05, 3.63) is 35.6 Å². The Labute approximate surface area is 160 Å². The van der Waals surface area contributed by atoms with Gasteiger partial charge in [0.1, 0.15) is 5.82 Å². The van der Waals surface area contributed by atoms with Gasteiger partial charge >= 0.3 is 12.0 Å². The van der Waals surface area contributed by atoms with Crippen LogP contribution in [0.2, 0.25) is 0 Å². The highest BCUT2D eigenvalue weighted by Gasteiger charge is 2.35. The molecule has 6 nitrogen and oxygen atoms in total. The molecule has 1 fully saturated rings. The number of carboxylic acids is 1. The number of carboxylic acid groups (broad SMARTS) is 1. The minimum Gasteiger partial charge on any atom is -0.480 e. The van der Waals surface area contributed by atoms with Crippen LogP contribution in [0.5, 0.6) is 0 Å². The Hall–Kier alpha value is -2.15. The zero-order chi connectivity index (χ0) is 20.0. The van der Waals surface area contributed by atoms with E-state index in [9.17, 15) is 14.0 Å². The van der Waals surface area contributed by atoms with Crippen molar-refractivity contribution < 1.29 is 19.1 Å². The third kappa shape index (κ3) is 6.20. The van der Waals surface area contributed by atoms with Gasteiger partial charge in [-0.15, -0.1) is 0 Å². The molecule has 0 atom stereocenters. The van der Waals surface area contributed by atoms with E-state index < -0.39 is 5.97 Å². The largest absolute Gasteiger partial charge is 0.480 e. The second kappa shape index (κ2) is 9.69. The lowest BCUT2D eigenvalue weighted by atomic mass is 9.85. The Balaban J connectivity index is 1.91. The van der Waals surface area contributed by atoms with Crippen LogP contribution in [0.1, 0.15) is 39.2 Å². The molecular formula is C20H30FN3O3. The average molecular weight is 379 g/mol. The predicted molar refractivity (Wildman–Crippen MR) is 102 cm³/mol. The molecule has 1 aliphatic carbocycles. The van der Waals surface area contributed by atoms with E-state index in [4.69, 9.17) is 5.11 Å². The molecule has 2 N–H and O–H groups in total. The molecule has 2 amide bonds. The molecule has 0 radical (unpaired) electrons. The summed E-state index contributed by atoms with van der Waals surface area (Å²) in [5.41, 5.74) is 0.499. The topological polar surface area (TPSA) is 72.9 Å². The van der Waals surface area contributed by atoms with Gasteiger partial charge in [-0.25, -0.2) is 9.18 Å². The first kappa shape index (κ1) is 21.2. The molecular weight excluding hydrogens is 349 g/mol. The lowest BCUT2D eigenvalue weighted by Crippen LogP contribution is -2.57. The van der Waals surface area contributed by atoms with E-state index >= 15 is 0 Å². The van der Waals surface area contributed by atoms with Gasteiger partial charge < -0.3 is 15.3 Å². The number of hydrogen-bond acceptors (Lipinski definition) is 3. The summed E-state index contributed by atoms with van der Waals surface area (Å²) in [6.07, 6.45) is 1.48. The van der Waals surface area contributed by atoms with E-state index in [0.717, 1.165) is 12.8 Å². The number of benzene rings is 1. The van der Waals surface area contributed by atoms with Crippen LogP contribution < -0.4 is 5.32 Å². The number of carbonyl (C=O) groups is 2. The summed E-state index contributed by atoms with van der Waals surface area (Å²) in [7, 11) is 0. The normalized spacial score (nSPS) is 19.0. The second-order valence-corrected chi connectivity index (χ2v) is 7.59. The quantitative estimate of drug-likeness (QED) is 0.692. The Morgan fingerprint density at radius 3 is 2.52 bits per heavy atom. The van der Waals surface area contributed by atoms with Crippen molar-refractivity contribution >= 4 is 12.0 Å². The van der Waals surface area contributed by atoms with Crippen LogP contribution in [0, 0.1) is 11.7 Å². The number of nitrogens with one attached hydrogen (secondary N) is 1. The molecule has 0 aromatic heterocycles. The average Bonchev–Trinajstić information content (AvgIpc) is 2.56. The lowest BCUT2D eigenvalue weighted by molar-refractivity contribution is -0.139. The van der Waals surface area contributed by atoms with E-state index in [0.29, 0.717) is 18.7 Å². The smallest absolute Gasteiger partial charge is 0.317 e. The minimum atomic E-state index is -0.836. The summed E-state index contributed by atoms with van der Waals surface area (Å²) in [4.78, 5) is 27.2. The summed E-state index contributed by atoms with van der Waals surface area (Å²) in [5.74, 6) is -0.879. The maximum Gasteiger partial charge on any atom is 0.317 e. The van der Waals surface area contributed by atoms with Gasteiger partial charge in [-0.05, 0) is 31.4 Å². The Bertz CT molecular complexity index is 647. The highest BCUT2D eigenvalue weighted by Crippen LogP contribution is 2.26. The van der Waals surface area contributed by atoms with Crippen molar-refractivity contribution in [2.75, 3.05) is 19.6 Å². The van der Waals surface area contributed by atoms with Crippen LogP contribution in [0.3, 0.4) is 0 Å². The molecule has 0 aliphatic heterocycles. The van der Waals surface area contributed by atoms with Gasteiger partial charge in [0.2, 0.25) is 0 Å². The summed E-state index contributed by atoms with van der Waals surface area (Å²) in [6, 6.07) is 6.51. The molecule has 0 heterocycles. The van der Waals surface area contributed by atoms with E-state index in [1.165, 1.54) is 6.07 Å². The number of halogens is 1. The van der Waals surface area contributed by atoms with Crippen LogP contribution in [0.25, 0.3) is 0 Å². The molecule has 0 saturated heterocycles. The van der Waals surface area contributed by atoms with Crippen LogP contribution in [0.4, 0.5) is 9.18 Å². The van der Waals surface area contributed by atoms with Crippen molar-refractivity contribution in [3.63, 3.8) is 0 Å². The van der Waals surface area contributed by atoms with Gasteiger partial charge in [0.05, 0.1) is 13.1 Å². The number of aliphatic carboxylic acids is 1. The third-order valence-electron chi connectivity index (χ3n) is 4.89. The molecule has 0 bridgehead atoms. The Morgan fingerprint density at radius 2 is 1.96 bits per heavy atom. The highest BCUT2D eigenvalue weighted by molar-refractivity contribution is 5.74. The van der Waals surface area contributed by atoms with Crippen LogP contribution in [-0.2, 0) is 11.3 Å². The summed E-state index contributed by atoms with van der Waals surface area (Å²) < 4.78 is 14.0. The van der Waals surface area contributed by atoms with Crippen LogP contribution >= 0.6 is 0 Å². The van der Waals surface area contributed by atoms with Gasteiger partial charge in [0.25, 0.3) is 0 Å². The van der Waals surface area contributed by atoms with E-state index in [-0.39, 0.29) is 42.9 Å². The van der Waals surface area contributed by atoms with Crippen molar-refractivity contribution in [2.45, 2.75) is 52.2 Å². The number of hydrogen-bond donors (Lipinski definition) is 2. The van der Waals surface area contributed by atoms with Gasteiger partial charge in [0, 0.05) is 24.2 Å². The molecule has 150 valence electrons. The molecule has 1 aliphatic rings. The molecule has 2 rings (SSSR count). The van der Waals surface area contributed by atoms with Gasteiger partial charge in [-0.1, -0.05) is 39.0 Å². The van der Waals surface area contributed by atoms with Gasteiger partial charge in [0.15, 0.2) is 0 Å². The first-order valence-corrected chi connectivity index (χ1v) is 9.54. The fourth-order valence-corrected chi connectivity index (χ4v) is 3.43. The van der Waals surface area contributed by atoms with Crippen molar-refractivity contribution in [1.82, 2.24) is 15.1 Å². The summed E-state index contributed by atoms with van der Waals surface area (Å²) in [6.45, 7) is 7.44. The summed E-state index contributed by atoms with van der Waals surface area (Å²) >= 11 is 0. The van der Waals surface area contributed by atoms with Crippen LogP contribution in [-0.4, -0.2) is 58.6 Å². The SMILES string of the molecule is CCN(CC(=O)O)C1CC(NC(=O)N(Cc2ccccc2F)CC(C)C)C1. The zero-order valence-electron chi connectivity index (χ0n) is 16.3. The fourth-order valence-electron chi connectivity index (χ4n) is 3.43. The number of likely N-dealkylation sites (N-methyl/N-ethyl adjacent to an activating group) is 1. The number of amides is 2. The molecule has 1 aromatic rings. The van der Waals surface area contributed by atoms with Crippen LogP contribution in [0.15, 0.2) is 24.3 Å². The second-order valence-electron chi connectivity index (χ2n) is 7.59. The van der Waals surface area contributed by atoms with Crippen molar-refractivity contribution in [2.24, 2.45) is 5.92 Å². The minimum absolute atomic E-state index is 0.0224. The fraction of sp³-hybridized carbons (Fsp3) is 0.600.